The zero-order chi connectivity index (χ0) is 10.7. The Morgan fingerprint density at radius 1 is 1.14 bits per heavy atom. The Bertz CT molecular complexity index is 182. The number of hydrogen-bond acceptors (Lipinski definition) is 4. The largest absolute Gasteiger partial charge is 0.368 e. The van der Waals surface area contributed by atoms with Gasteiger partial charge in [0.1, 0.15) is 12.3 Å². The summed E-state index contributed by atoms with van der Waals surface area (Å²) < 4.78 is 35.2. The van der Waals surface area contributed by atoms with Crippen molar-refractivity contribution < 1.29 is 23.5 Å². The average molecular weight is 228 g/mol. The van der Waals surface area contributed by atoms with Crippen molar-refractivity contribution in [3.05, 3.63) is 0 Å². The molecule has 0 bridgehead atoms. The highest BCUT2D eigenvalue weighted by Crippen LogP contribution is 2.33. The molecular formula is C8H14F2O3S. The minimum Gasteiger partial charge on any atom is -0.368 e. The van der Waals surface area contributed by atoms with Gasteiger partial charge in [0, 0.05) is 11.2 Å². The second kappa shape index (κ2) is 5.25. The highest BCUT2D eigenvalue weighted by molar-refractivity contribution is 7.94. The SMILES string of the molecule is OSC1CC(F)CC(C(O)O)C(F)C1. The average Bonchev–Trinajstić information content (AvgIpc) is 2.25. The van der Waals surface area contributed by atoms with Gasteiger partial charge < -0.3 is 14.8 Å². The fraction of sp³-hybridized carbons (Fsp3) is 1.00. The summed E-state index contributed by atoms with van der Waals surface area (Å²) in [5, 5.41) is 17.2. The maximum atomic E-state index is 13.4. The van der Waals surface area contributed by atoms with E-state index >= 15 is 0 Å². The summed E-state index contributed by atoms with van der Waals surface area (Å²) in [5.41, 5.74) is 0. The van der Waals surface area contributed by atoms with Crippen LogP contribution in [0.5, 0.6) is 0 Å². The van der Waals surface area contributed by atoms with Crippen LogP contribution in [0, 0.1) is 5.92 Å². The number of halogens is 2. The molecule has 3 nitrogen and oxygen atoms in total. The lowest BCUT2D eigenvalue weighted by Gasteiger charge is -2.20. The second-order valence-electron chi connectivity index (χ2n) is 3.63. The zero-order valence-electron chi connectivity index (χ0n) is 7.51. The van der Waals surface area contributed by atoms with Crippen LogP contribution in [-0.2, 0) is 0 Å². The van der Waals surface area contributed by atoms with Gasteiger partial charge in [0.15, 0.2) is 6.29 Å². The summed E-state index contributed by atoms with van der Waals surface area (Å²) in [4.78, 5) is 0. The van der Waals surface area contributed by atoms with Crippen molar-refractivity contribution in [1.82, 2.24) is 0 Å². The summed E-state index contributed by atoms with van der Waals surface area (Å²) in [7, 11) is 0. The van der Waals surface area contributed by atoms with Crippen LogP contribution in [0.2, 0.25) is 0 Å². The Hall–Kier alpha value is 0.0900. The van der Waals surface area contributed by atoms with Crippen LogP contribution in [0.4, 0.5) is 8.78 Å². The molecule has 1 aliphatic rings. The fourth-order valence-electron chi connectivity index (χ4n) is 1.74. The molecule has 3 N–H and O–H groups in total. The molecule has 0 spiro atoms. The molecule has 0 saturated heterocycles. The summed E-state index contributed by atoms with van der Waals surface area (Å²) >= 11 is 0.437. The predicted molar refractivity (Wildman–Crippen MR) is 49.4 cm³/mol. The molecule has 0 aromatic heterocycles. The van der Waals surface area contributed by atoms with E-state index in [0.717, 1.165) is 0 Å². The van der Waals surface area contributed by atoms with Crippen LogP contribution < -0.4 is 0 Å². The number of aliphatic hydroxyl groups is 2. The molecule has 0 aromatic carbocycles. The highest BCUT2D eigenvalue weighted by atomic mass is 32.2. The summed E-state index contributed by atoms with van der Waals surface area (Å²) in [6.45, 7) is 0. The van der Waals surface area contributed by atoms with E-state index < -0.39 is 29.8 Å². The van der Waals surface area contributed by atoms with E-state index in [2.05, 4.69) is 0 Å². The molecule has 6 heteroatoms. The molecule has 1 aliphatic carbocycles. The van der Waals surface area contributed by atoms with Crippen LogP contribution in [0.25, 0.3) is 0 Å². The van der Waals surface area contributed by atoms with Crippen molar-refractivity contribution in [2.75, 3.05) is 0 Å². The normalized spacial score (nSPS) is 39.9. The molecule has 4 unspecified atom stereocenters. The van der Waals surface area contributed by atoms with E-state index in [1.807, 2.05) is 0 Å². The van der Waals surface area contributed by atoms with Crippen LogP contribution in [0.3, 0.4) is 0 Å². The minimum absolute atomic E-state index is 0.0378. The third-order valence-corrected chi connectivity index (χ3v) is 3.21. The molecule has 0 amide bonds. The summed E-state index contributed by atoms with van der Waals surface area (Å²) in [6.07, 6.45) is -4.76. The van der Waals surface area contributed by atoms with Crippen LogP contribution >= 0.6 is 12.0 Å². The molecule has 84 valence electrons. The van der Waals surface area contributed by atoms with Crippen molar-refractivity contribution in [2.24, 2.45) is 5.92 Å². The Labute approximate surface area is 85.3 Å². The summed E-state index contributed by atoms with van der Waals surface area (Å²) in [5.74, 6) is -1.08. The van der Waals surface area contributed by atoms with Gasteiger partial charge in [-0.25, -0.2) is 8.78 Å². The Morgan fingerprint density at radius 3 is 2.29 bits per heavy atom. The van der Waals surface area contributed by atoms with Crippen LogP contribution in [0.1, 0.15) is 19.3 Å². The van der Waals surface area contributed by atoms with Gasteiger partial charge in [-0.1, -0.05) is 0 Å². The maximum Gasteiger partial charge on any atom is 0.157 e. The molecule has 1 saturated carbocycles. The molecule has 14 heavy (non-hydrogen) atoms. The lowest BCUT2D eigenvalue weighted by atomic mass is 9.97. The highest BCUT2D eigenvalue weighted by Gasteiger charge is 2.36. The Kier molecular flexibility index (Phi) is 4.56. The standard InChI is InChI=1S/C8H14F2O3S/c9-4-1-5(14-13)3-7(10)6(2-4)8(11)12/h4-8,11-13H,1-3H2. The Morgan fingerprint density at radius 2 is 1.79 bits per heavy atom. The lowest BCUT2D eigenvalue weighted by Crippen LogP contribution is -2.30. The molecule has 0 radical (unpaired) electrons. The van der Waals surface area contributed by atoms with Crippen molar-refractivity contribution in [2.45, 2.75) is 43.1 Å². The van der Waals surface area contributed by atoms with Gasteiger partial charge in [-0.05, 0) is 31.3 Å². The van der Waals surface area contributed by atoms with Gasteiger partial charge in [0.05, 0.1) is 0 Å². The molecular weight excluding hydrogens is 214 g/mol. The van der Waals surface area contributed by atoms with E-state index in [0.29, 0.717) is 12.0 Å². The van der Waals surface area contributed by atoms with Gasteiger partial charge in [0.25, 0.3) is 0 Å². The predicted octanol–water partition coefficient (Wildman–Crippen LogP) is 1.35. The van der Waals surface area contributed by atoms with Crippen molar-refractivity contribution >= 4 is 12.0 Å². The van der Waals surface area contributed by atoms with E-state index in [4.69, 9.17) is 14.8 Å². The third-order valence-electron chi connectivity index (χ3n) is 2.53. The molecule has 0 aromatic rings. The van der Waals surface area contributed by atoms with E-state index in [1.165, 1.54) is 0 Å². The quantitative estimate of drug-likeness (QED) is 0.379. The number of rotatable bonds is 2. The van der Waals surface area contributed by atoms with Gasteiger partial charge in [-0.3, -0.25) is 0 Å². The van der Waals surface area contributed by atoms with Crippen molar-refractivity contribution in [3.63, 3.8) is 0 Å². The Balaban J connectivity index is 2.63. The first kappa shape index (κ1) is 12.2. The van der Waals surface area contributed by atoms with Crippen LogP contribution in [-0.4, -0.2) is 38.6 Å². The number of aliphatic hydroxyl groups excluding tert-OH is 1. The molecule has 4 atom stereocenters. The first-order valence-corrected chi connectivity index (χ1v) is 5.32. The van der Waals surface area contributed by atoms with Gasteiger partial charge in [-0.15, -0.1) is 0 Å². The minimum atomic E-state index is -1.83. The lowest BCUT2D eigenvalue weighted by molar-refractivity contribution is -0.109. The van der Waals surface area contributed by atoms with Gasteiger partial charge >= 0.3 is 0 Å². The third kappa shape index (κ3) is 3.05. The molecule has 1 fully saturated rings. The molecule has 0 heterocycles. The van der Waals surface area contributed by atoms with E-state index in [-0.39, 0.29) is 19.3 Å². The number of hydrogen-bond donors (Lipinski definition) is 3. The van der Waals surface area contributed by atoms with Crippen LogP contribution in [0.15, 0.2) is 0 Å². The first-order valence-electron chi connectivity index (χ1n) is 4.49. The van der Waals surface area contributed by atoms with Gasteiger partial charge in [0.2, 0.25) is 0 Å². The second-order valence-corrected chi connectivity index (χ2v) is 4.50. The monoisotopic (exact) mass is 228 g/mol. The number of alkyl halides is 2. The van der Waals surface area contributed by atoms with Crippen molar-refractivity contribution in [3.8, 4) is 0 Å². The van der Waals surface area contributed by atoms with E-state index in [9.17, 15) is 8.78 Å². The fourth-order valence-corrected chi connectivity index (χ4v) is 2.31. The zero-order valence-corrected chi connectivity index (χ0v) is 8.33. The molecule has 0 aliphatic heterocycles. The summed E-state index contributed by atoms with van der Waals surface area (Å²) in [6, 6.07) is 0. The smallest absolute Gasteiger partial charge is 0.157 e. The van der Waals surface area contributed by atoms with Crippen molar-refractivity contribution in [1.29, 1.82) is 0 Å². The maximum absolute atomic E-state index is 13.4. The van der Waals surface area contributed by atoms with Gasteiger partial charge in [-0.2, -0.15) is 0 Å². The molecule has 1 rings (SSSR count). The van der Waals surface area contributed by atoms with E-state index in [1.54, 1.807) is 0 Å². The first-order chi connectivity index (χ1) is 6.54. The topological polar surface area (TPSA) is 60.7 Å².